The minimum atomic E-state index is -9.82. The van der Waals surface area contributed by atoms with Crippen molar-refractivity contribution in [3.05, 3.63) is 54.1 Å². The van der Waals surface area contributed by atoms with Crippen LogP contribution < -0.4 is 10.6 Å². The van der Waals surface area contributed by atoms with Gasteiger partial charge in [-0.3, -0.25) is 0 Å². The monoisotopic (exact) mass is 472 g/mol. The van der Waals surface area contributed by atoms with Crippen molar-refractivity contribution in [1.82, 2.24) is 0 Å². The molecule has 2 aromatic rings. The van der Waals surface area contributed by atoms with Crippen molar-refractivity contribution in [2.24, 2.45) is 0 Å². The summed E-state index contributed by atoms with van der Waals surface area (Å²) in [6.45, 7) is 0. The van der Waals surface area contributed by atoms with Crippen molar-refractivity contribution in [2.45, 2.75) is 17.0 Å². The van der Waals surface area contributed by atoms with E-state index in [1.165, 1.54) is 0 Å². The summed E-state index contributed by atoms with van der Waals surface area (Å²) in [5.41, 5.74) is -1.41. The number of rotatable bonds is 4. The molecule has 0 saturated carbocycles. The average molecular weight is 472 g/mol. The van der Waals surface area contributed by atoms with Crippen molar-refractivity contribution in [3.8, 4) is 0 Å². The van der Waals surface area contributed by atoms with Crippen molar-refractivity contribution < 1.29 is 41.4 Å². The highest BCUT2D eigenvalue weighted by Gasteiger charge is 2.65. The Kier molecular flexibility index (Phi) is 5.08. The average Bonchev–Trinajstić information content (AvgIpc) is 2.52. The van der Waals surface area contributed by atoms with Crippen LogP contribution in [-0.4, -0.2) is 11.3 Å². The van der Waals surface area contributed by atoms with E-state index in [-0.39, 0.29) is 28.6 Å². The third kappa shape index (κ3) is 5.65. The Morgan fingerprint density at radius 3 is 1.41 bits per heavy atom. The molecule has 0 radical (unpaired) electrons. The zero-order valence-electron chi connectivity index (χ0n) is 13.7. The molecule has 0 amide bonds. The first kappa shape index (κ1) is 23.1. The van der Waals surface area contributed by atoms with E-state index in [1.54, 1.807) is 0 Å². The van der Waals surface area contributed by atoms with Crippen molar-refractivity contribution in [3.63, 3.8) is 0 Å². The molecule has 2 N–H and O–H groups in total. The number of hydrogen-bond acceptors (Lipinski definition) is 1. The Hall–Kier alpha value is -2.22. The van der Waals surface area contributed by atoms with Crippen LogP contribution in [0.15, 0.2) is 53.4 Å². The first-order valence-corrected chi connectivity index (χ1v) is 9.63. The molecule has 0 spiro atoms. The van der Waals surface area contributed by atoms with Gasteiger partial charge in [-0.1, -0.05) is 31.6 Å². The lowest BCUT2D eigenvalue weighted by Crippen LogP contribution is -2.33. The molecule has 0 fully saturated rings. The van der Waals surface area contributed by atoms with Gasteiger partial charge < -0.3 is 10.6 Å². The predicted octanol–water partition coefficient (Wildman–Crippen LogP) is 7.81. The van der Waals surface area contributed by atoms with E-state index in [9.17, 15) is 41.4 Å². The summed E-state index contributed by atoms with van der Waals surface area (Å²) < 4.78 is 127. The number of hydrogen-bond donors (Lipinski definition) is 2. The van der Waals surface area contributed by atoms with Crippen LogP contribution in [0.3, 0.4) is 0 Å². The summed E-state index contributed by atoms with van der Waals surface area (Å²) in [4.78, 5) is -2.10. The van der Waals surface area contributed by atoms with Gasteiger partial charge in [0.25, 0.3) is 0 Å². The SMILES string of the molecule is FC(F)(F)C(F)(F)c1ccc(NC(=S)Nc2ccc(S(F)(F)(F)(F)F)cc2)cc1. The maximum Gasteiger partial charge on any atom is 0.458 e. The van der Waals surface area contributed by atoms with Crippen LogP contribution >= 0.6 is 22.4 Å². The molecule has 14 heteroatoms. The molecule has 0 aliphatic rings. The quantitative estimate of drug-likeness (QED) is 0.351. The second-order valence-corrected chi connectivity index (χ2v) is 8.54. The number of anilines is 2. The van der Waals surface area contributed by atoms with Gasteiger partial charge in [0.05, 0.1) is 0 Å². The zero-order valence-corrected chi connectivity index (χ0v) is 15.3. The Bertz CT molecular complexity index is 904. The fourth-order valence-electron chi connectivity index (χ4n) is 2.02. The van der Waals surface area contributed by atoms with Gasteiger partial charge in [-0.15, -0.1) is 0 Å². The van der Waals surface area contributed by atoms with Crippen LogP contribution in [0.1, 0.15) is 5.56 Å². The number of nitrogens with one attached hydrogen (secondary N) is 2. The minimum absolute atomic E-state index is 0.00662. The highest BCUT2D eigenvalue weighted by Crippen LogP contribution is 3.02. The van der Waals surface area contributed by atoms with Gasteiger partial charge in [0.15, 0.2) is 5.11 Å². The van der Waals surface area contributed by atoms with E-state index in [0.717, 1.165) is 12.1 Å². The van der Waals surface area contributed by atoms with E-state index in [0.29, 0.717) is 24.3 Å². The molecular formula is C15H10F10N2S2. The zero-order chi connectivity index (χ0) is 22.4. The number of thiocarbonyl (C=S) groups is 1. The summed E-state index contributed by atoms with van der Waals surface area (Å²) in [6.07, 6.45) is -5.78. The molecule has 0 aliphatic heterocycles. The maximum absolute atomic E-state index is 13.2. The smallest absolute Gasteiger partial charge is 0.332 e. The largest absolute Gasteiger partial charge is 0.458 e. The normalized spacial score (nSPS) is 15.2. The van der Waals surface area contributed by atoms with Gasteiger partial charge in [-0.05, 0) is 48.6 Å². The summed E-state index contributed by atoms with van der Waals surface area (Å²) in [5, 5.41) is 4.48. The number of benzene rings is 2. The summed E-state index contributed by atoms with van der Waals surface area (Å²) in [5.74, 6) is -5.06. The van der Waals surface area contributed by atoms with Crippen LogP contribution in [0, 0.1) is 0 Å². The Morgan fingerprint density at radius 1 is 0.690 bits per heavy atom. The van der Waals surface area contributed by atoms with Crippen molar-refractivity contribution in [2.75, 3.05) is 10.6 Å². The van der Waals surface area contributed by atoms with Crippen molar-refractivity contribution in [1.29, 1.82) is 0 Å². The maximum atomic E-state index is 13.2. The topological polar surface area (TPSA) is 24.1 Å². The Balaban J connectivity index is 2.07. The molecule has 0 aliphatic carbocycles. The molecule has 2 rings (SSSR count). The van der Waals surface area contributed by atoms with Crippen LogP contribution in [0.2, 0.25) is 0 Å². The lowest BCUT2D eigenvalue weighted by atomic mass is 10.1. The first-order chi connectivity index (χ1) is 12.8. The van der Waals surface area contributed by atoms with Gasteiger partial charge in [-0.25, -0.2) is 0 Å². The van der Waals surface area contributed by atoms with Crippen LogP contribution in [0.5, 0.6) is 0 Å². The lowest BCUT2D eigenvalue weighted by molar-refractivity contribution is -0.289. The molecule has 0 atom stereocenters. The molecule has 0 unspecified atom stereocenters. The van der Waals surface area contributed by atoms with Crippen molar-refractivity contribution >= 4 is 38.9 Å². The molecule has 2 nitrogen and oxygen atoms in total. The second-order valence-electron chi connectivity index (χ2n) is 5.72. The Labute approximate surface area is 162 Å². The summed E-state index contributed by atoms with van der Waals surface area (Å²) >= 11 is 4.82. The highest BCUT2D eigenvalue weighted by molar-refractivity contribution is 8.45. The van der Waals surface area contributed by atoms with E-state index in [4.69, 9.17) is 12.2 Å². The molecule has 162 valence electrons. The molecule has 0 saturated heterocycles. The lowest BCUT2D eigenvalue weighted by Gasteiger charge is -2.40. The van der Waals surface area contributed by atoms with E-state index >= 15 is 0 Å². The fraction of sp³-hybridized carbons (Fsp3) is 0.133. The molecule has 0 heterocycles. The third-order valence-electron chi connectivity index (χ3n) is 3.42. The van der Waals surface area contributed by atoms with E-state index < -0.39 is 32.8 Å². The summed E-state index contributed by atoms with van der Waals surface area (Å²) in [7, 11) is -9.82. The molecule has 2 aromatic carbocycles. The standard InChI is InChI=1S/C15H10F10N2S2/c16-14(17,15(18,19)20)9-1-3-10(4-2-9)26-13(28)27-11-5-7-12(8-6-11)29(21,22,23,24)25/h1-8H,(H2,26,27,28). The number of alkyl halides is 5. The van der Waals surface area contributed by atoms with E-state index in [1.807, 2.05) is 0 Å². The third-order valence-corrected chi connectivity index (χ3v) is 4.79. The van der Waals surface area contributed by atoms with Gasteiger partial charge in [0, 0.05) is 16.9 Å². The molecule has 0 aromatic heterocycles. The van der Waals surface area contributed by atoms with E-state index in [2.05, 4.69) is 10.6 Å². The second kappa shape index (κ2) is 6.39. The minimum Gasteiger partial charge on any atom is -0.332 e. The number of halogens is 10. The fourth-order valence-corrected chi connectivity index (χ4v) is 2.90. The Morgan fingerprint density at radius 2 is 1.07 bits per heavy atom. The van der Waals surface area contributed by atoms with Gasteiger partial charge in [-0.2, -0.15) is 22.0 Å². The first-order valence-electron chi connectivity index (χ1n) is 7.27. The van der Waals surface area contributed by atoms with Crippen LogP contribution in [-0.2, 0) is 5.92 Å². The summed E-state index contributed by atoms with van der Waals surface area (Å²) in [6, 6.07) is 4.47. The van der Waals surface area contributed by atoms with Gasteiger partial charge in [0.2, 0.25) is 0 Å². The molecule has 29 heavy (non-hydrogen) atoms. The van der Waals surface area contributed by atoms with Crippen LogP contribution in [0.25, 0.3) is 0 Å². The highest BCUT2D eigenvalue weighted by atomic mass is 32.5. The predicted molar refractivity (Wildman–Crippen MR) is 94.1 cm³/mol. The van der Waals surface area contributed by atoms with Crippen LogP contribution in [0.4, 0.5) is 52.8 Å². The molecule has 0 bridgehead atoms. The van der Waals surface area contributed by atoms with Gasteiger partial charge in [0.1, 0.15) is 4.90 Å². The molecular weight excluding hydrogens is 462 g/mol. The van der Waals surface area contributed by atoms with Gasteiger partial charge >= 0.3 is 22.3 Å².